The topological polar surface area (TPSA) is 28.7 Å². The predicted molar refractivity (Wildman–Crippen MR) is 60.6 cm³/mol. The third-order valence-corrected chi connectivity index (χ3v) is 2.94. The molecule has 0 bridgehead atoms. The lowest BCUT2D eigenvalue weighted by molar-refractivity contribution is 0.993. The molecule has 13 heavy (non-hydrogen) atoms. The number of aromatic nitrogens is 2. The summed E-state index contributed by atoms with van der Waals surface area (Å²) < 4.78 is 1.29. The van der Waals surface area contributed by atoms with Crippen LogP contribution in [0.4, 0.5) is 0 Å². The maximum Gasteiger partial charge on any atom is 0.0666 e. The molecule has 0 aliphatic rings. The Balaban J connectivity index is 2.24. The number of aromatic amines is 1. The van der Waals surface area contributed by atoms with E-state index in [1.807, 2.05) is 12.3 Å². The molecule has 0 spiro atoms. The first-order valence-corrected chi connectivity index (χ1v) is 5.16. The molecule has 0 amide bonds. The van der Waals surface area contributed by atoms with Gasteiger partial charge >= 0.3 is 0 Å². The normalized spacial score (nSPS) is 10.2. The van der Waals surface area contributed by atoms with Crippen molar-refractivity contribution in [2.45, 2.75) is 6.42 Å². The Hall–Kier alpha value is -0.840. The molecule has 0 fully saturated rings. The maximum absolute atomic E-state index is 4.12. The van der Waals surface area contributed by atoms with Crippen molar-refractivity contribution >= 4 is 22.6 Å². The van der Waals surface area contributed by atoms with Gasteiger partial charge in [-0.15, -0.1) is 0 Å². The fourth-order valence-corrected chi connectivity index (χ4v) is 1.80. The number of hydrogen-bond donors (Lipinski definition) is 1. The molecular formula is C10H9IN2. The van der Waals surface area contributed by atoms with Gasteiger partial charge in [0.15, 0.2) is 0 Å². The van der Waals surface area contributed by atoms with Gasteiger partial charge in [0.25, 0.3) is 0 Å². The second kappa shape index (κ2) is 3.91. The van der Waals surface area contributed by atoms with E-state index in [9.17, 15) is 0 Å². The molecule has 0 saturated carbocycles. The van der Waals surface area contributed by atoms with Crippen molar-refractivity contribution in [3.8, 4) is 0 Å². The van der Waals surface area contributed by atoms with Crippen LogP contribution in [0.15, 0.2) is 36.5 Å². The second-order valence-electron chi connectivity index (χ2n) is 2.83. The molecule has 1 N–H and O–H groups in total. The summed E-state index contributed by atoms with van der Waals surface area (Å²) in [4.78, 5) is 0. The molecule has 0 aliphatic carbocycles. The van der Waals surface area contributed by atoms with Crippen LogP contribution >= 0.6 is 22.6 Å². The summed E-state index contributed by atoms with van der Waals surface area (Å²) in [5.74, 6) is 0. The standard InChI is InChI=1S/C10H9IN2/c11-10-4-2-1-3-8(10)7-9-5-6-12-13-9/h1-6H,7H2,(H,12,13). The molecule has 2 aromatic rings. The minimum Gasteiger partial charge on any atom is -0.285 e. The average molecular weight is 284 g/mol. The highest BCUT2D eigenvalue weighted by Gasteiger charge is 2.00. The van der Waals surface area contributed by atoms with Crippen molar-refractivity contribution < 1.29 is 0 Å². The van der Waals surface area contributed by atoms with Crippen LogP contribution in [0.5, 0.6) is 0 Å². The van der Waals surface area contributed by atoms with E-state index >= 15 is 0 Å². The van der Waals surface area contributed by atoms with Crippen LogP contribution in [0.3, 0.4) is 0 Å². The highest BCUT2D eigenvalue weighted by atomic mass is 127. The third kappa shape index (κ3) is 2.09. The first kappa shape index (κ1) is 8.74. The first-order valence-electron chi connectivity index (χ1n) is 4.08. The van der Waals surface area contributed by atoms with Gasteiger partial charge in [0.05, 0.1) is 5.69 Å². The zero-order valence-corrected chi connectivity index (χ0v) is 9.15. The summed E-state index contributed by atoms with van der Waals surface area (Å²) in [7, 11) is 0. The van der Waals surface area contributed by atoms with Gasteiger partial charge in [-0.3, -0.25) is 5.10 Å². The van der Waals surface area contributed by atoms with Gasteiger partial charge in [-0.25, -0.2) is 0 Å². The van der Waals surface area contributed by atoms with Crippen LogP contribution in [-0.2, 0) is 6.42 Å². The SMILES string of the molecule is Ic1ccccc1Cc1cc[nH]n1. The molecule has 66 valence electrons. The van der Waals surface area contributed by atoms with E-state index < -0.39 is 0 Å². The number of H-pyrrole nitrogens is 1. The Labute approximate surface area is 90.5 Å². The monoisotopic (exact) mass is 284 g/mol. The summed E-state index contributed by atoms with van der Waals surface area (Å²) in [6.45, 7) is 0. The van der Waals surface area contributed by atoms with Gasteiger partial charge < -0.3 is 0 Å². The fourth-order valence-electron chi connectivity index (χ4n) is 1.23. The second-order valence-corrected chi connectivity index (χ2v) is 4.00. The molecule has 0 unspecified atom stereocenters. The highest BCUT2D eigenvalue weighted by molar-refractivity contribution is 14.1. The molecule has 0 aliphatic heterocycles. The lowest BCUT2D eigenvalue weighted by atomic mass is 10.1. The average Bonchev–Trinajstić information content (AvgIpc) is 2.61. The summed E-state index contributed by atoms with van der Waals surface area (Å²) in [6, 6.07) is 10.4. The van der Waals surface area contributed by atoms with Crippen molar-refractivity contribution in [1.82, 2.24) is 10.2 Å². The number of hydrogen-bond acceptors (Lipinski definition) is 1. The Morgan fingerprint density at radius 3 is 2.77 bits per heavy atom. The number of nitrogens with zero attached hydrogens (tertiary/aromatic N) is 1. The van der Waals surface area contributed by atoms with Crippen LogP contribution in [-0.4, -0.2) is 10.2 Å². The Bertz CT molecular complexity index is 382. The molecule has 2 nitrogen and oxygen atoms in total. The Kier molecular flexibility index (Phi) is 2.63. The number of benzene rings is 1. The molecule has 1 aromatic carbocycles. The van der Waals surface area contributed by atoms with Crippen LogP contribution in [0.2, 0.25) is 0 Å². The minimum atomic E-state index is 0.905. The van der Waals surface area contributed by atoms with E-state index in [2.05, 4.69) is 57.1 Å². The lowest BCUT2D eigenvalue weighted by Gasteiger charge is -2.00. The van der Waals surface area contributed by atoms with Gasteiger partial charge in [-0.1, -0.05) is 18.2 Å². The van der Waals surface area contributed by atoms with Crippen molar-refractivity contribution in [2.24, 2.45) is 0 Å². The molecular weight excluding hydrogens is 275 g/mol. The first-order chi connectivity index (χ1) is 6.36. The lowest BCUT2D eigenvalue weighted by Crippen LogP contribution is -1.91. The molecule has 0 saturated heterocycles. The molecule has 1 heterocycles. The van der Waals surface area contributed by atoms with E-state index in [0.717, 1.165) is 12.1 Å². The summed E-state index contributed by atoms with van der Waals surface area (Å²) in [5, 5.41) is 6.94. The van der Waals surface area contributed by atoms with Crippen molar-refractivity contribution in [3.63, 3.8) is 0 Å². The summed E-state index contributed by atoms with van der Waals surface area (Å²) >= 11 is 2.35. The van der Waals surface area contributed by atoms with Gasteiger partial charge in [0.2, 0.25) is 0 Å². The smallest absolute Gasteiger partial charge is 0.0666 e. The molecule has 3 heteroatoms. The van der Waals surface area contributed by atoms with Crippen molar-refractivity contribution in [1.29, 1.82) is 0 Å². The zero-order valence-electron chi connectivity index (χ0n) is 7.00. The summed E-state index contributed by atoms with van der Waals surface area (Å²) in [6.07, 6.45) is 2.76. The number of nitrogens with one attached hydrogen (secondary N) is 1. The largest absolute Gasteiger partial charge is 0.285 e. The molecule has 1 aromatic heterocycles. The van der Waals surface area contributed by atoms with Gasteiger partial charge in [-0.2, -0.15) is 5.10 Å². The van der Waals surface area contributed by atoms with Crippen molar-refractivity contribution in [3.05, 3.63) is 51.4 Å². The Morgan fingerprint density at radius 2 is 2.08 bits per heavy atom. The van der Waals surface area contributed by atoms with Crippen LogP contribution < -0.4 is 0 Å². The number of halogens is 1. The van der Waals surface area contributed by atoms with E-state index in [1.54, 1.807) is 0 Å². The maximum atomic E-state index is 4.12. The van der Waals surface area contributed by atoms with E-state index in [1.165, 1.54) is 9.13 Å². The fraction of sp³-hybridized carbons (Fsp3) is 0.100. The Morgan fingerprint density at radius 1 is 1.23 bits per heavy atom. The number of rotatable bonds is 2. The zero-order chi connectivity index (χ0) is 9.10. The van der Waals surface area contributed by atoms with E-state index in [-0.39, 0.29) is 0 Å². The van der Waals surface area contributed by atoms with Crippen LogP contribution in [0.1, 0.15) is 11.3 Å². The van der Waals surface area contributed by atoms with Crippen LogP contribution in [0.25, 0.3) is 0 Å². The quantitative estimate of drug-likeness (QED) is 0.844. The van der Waals surface area contributed by atoms with E-state index in [0.29, 0.717) is 0 Å². The van der Waals surface area contributed by atoms with Crippen molar-refractivity contribution in [2.75, 3.05) is 0 Å². The van der Waals surface area contributed by atoms with Crippen LogP contribution in [0, 0.1) is 3.57 Å². The van der Waals surface area contributed by atoms with Gasteiger partial charge in [0.1, 0.15) is 0 Å². The molecule has 0 radical (unpaired) electrons. The predicted octanol–water partition coefficient (Wildman–Crippen LogP) is 2.61. The molecule has 2 rings (SSSR count). The summed E-state index contributed by atoms with van der Waals surface area (Å²) in [5.41, 5.74) is 2.42. The van der Waals surface area contributed by atoms with Gasteiger partial charge in [0, 0.05) is 16.2 Å². The van der Waals surface area contributed by atoms with E-state index in [4.69, 9.17) is 0 Å². The molecule has 0 atom stereocenters. The highest BCUT2D eigenvalue weighted by Crippen LogP contribution is 2.14. The van der Waals surface area contributed by atoms with Gasteiger partial charge in [-0.05, 0) is 40.3 Å². The third-order valence-electron chi connectivity index (χ3n) is 1.89. The minimum absolute atomic E-state index is 0.905.